The van der Waals surface area contributed by atoms with Crippen LogP contribution in [0.1, 0.15) is 41.5 Å². The molecule has 0 unspecified atom stereocenters. The second-order valence-corrected chi connectivity index (χ2v) is 13.0. The van der Waals surface area contributed by atoms with Crippen molar-refractivity contribution in [2.45, 2.75) is 57.7 Å². The Morgan fingerprint density at radius 2 is 1.91 bits per heavy atom. The number of aliphatic carboxylic acids is 1. The number of methoxy groups -OCH3 is 1. The number of carboxylic acids is 1. The lowest BCUT2D eigenvalue weighted by Crippen LogP contribution is -2.43. The Kier molecular flexibility index (Phi) is 8.27. The molecule has 1 N–H and O–H groups in total. The van der Waals surface area contributed by atoms with Gasteiger partial charge in [-0.15, -0.1) is 0 Å². The zero-order valence-corrected chi connectivity index (χ0v) is 26.1. The zero-order valence-electron chi connectivity index (χ0n) is 26.1. The molecule has 3 fully saturated rings. The molecular weight excluding hydrogens is 573 g/mol. The lowest BCUT2D eigenvalue weighted by Gasteiger charge is -2.33. The normalized spacial score (nSPS) is 25.0. The van der Waals surface area contributed by atoms with Crippen molar-refractivity contribution in [3.63, 3.8) is 0 Å². The summed E-state index contributed by atoms with van der Waals surface area (Å²) in [5, 5.41) is 10.0. The summed E-state index contributed by atoms with van der Waals surface area (Å²) in [7, 11) is 1.59. The summed E-state index contributed by atoms with van der Waals surface area (Å²) in [6.07, 6.45) is 4.90. The summed E-state index contributed by atoms with van der Waals surface area (Å²) in [5.41, 5.74) is 5.42. The van der Waals surface area contributed by atoms with Crippen molar-refractivity contribution >= 4 is 11.8 Å². The minimum Gasteiger partial charge on any atom is -0.485 e. The maximum atomic E-state index is 15.4. The van der Waals surface area contributed by atoms with Crippen molar-refractivity contribution in [1.29, 1.82) is 0 Å². The number of para-hydroxylation sites is 1. The van der Waals surface area contributed by atoms with Gasteiger partial charge in [0.15, 0.2) is 11.6 Å². The Hall–Kier alpha value is -3.53. The fourth-order valence-electron chi connectivity index (χ4n) is 8.07. The van der Waals surface area contributed by atoms with Crippen LogP contribution in [0.25, 0.3) is 11.3 Å². The number of hydrogen-bond donors (Lipinski definition) is 1. The van der Waals surface area contributed by atoms with E-state index in [2.05, 4.69) is 24.0 Å². The molecule has 4 heterocycles. The zero-order chi connectivity index (χ0) is 31.1. The number of nitrogens with zero attached hydrogens (tertiary/aromatic N) is 3. The number of benzene rings is 2. The molecule has 1 saturated carbocycles. The molecule has 2 saturated heterocycles. The number of carboxylic acid groups (broad SMARTS) is 1. The second kappa shape index (κ2) is 12.3. The molecular formula is C36H42FN3O5. The van der Waals surface area contributed by atoms with Crippen molar-refractivity contribution in [3.05, 3.63) is 76.6 Å². The number of anilines is 1. The quantitative estimate of drug-likeness (QED) is 0.348. The van der Waals surface area contributed by atoms with E-state index in [-0.39, 0.29) is 24.3 Å². The van der Waals surface area contributed by atoms with Gasteiger partial charge in [0.1, 0.15) is 12.4 Å². The molecule has 0 bridgehead atoms. The highest BCUT2D eigenvalue weighted by Gasteiger charge is 2.71. The van der Waals surface area contributed by atoms with Crippen LogP contribution in [0.2, 0.25) is 0 Å². The predicted octanol–water partition coefficient (Wildman–Crippen LogP) is 5.28. The van der Waals surface area contributed by atoms with E-state index in [4.69, 9.17) is 19.2 Å². The fourth-order valence-corrected chi connectivity index (χ4v) is 8.07. The van der Waals surface area contributed by atoms with Crippen molar-refractivity contribution in [3.8, 4) is 17.0 Å². The van der Waals surface area contributed by atoms with Crippen LogP contribution in [0.3, 0.4) is 0 Å². The number of carbonyl (C=O) groups is 1. The number of hydrogen-bond acceptors (Lipinski definition) is 7. The Morgan fingerprint density at radius 1 is 1.11 bits per heavy atom. The van der Waals surface area contributed by atoms with Crippen LogP contribution < -0.4 is 9.64 Å². The molecule has 2 aromatic carbocycles. The first-order valence-corrected chi connectivity index (χ1v) is 16.2. The SMILES string of the molecule is COC[C@H]1N(c2cccc(-c3cccc(F)c3OCc3ccc4c(c3C)CCN(C3CCOCC3)CC4)n2)C[C@@H]2C[C@@]21C(=O)O. The molecule has 1 aliphatic carbocycles. The van der Waals surface area contributed by atoms with E-state index >= 15 is 4.39 Å². The predicted molar refractivity (Wildman–Crippen MR) is 169 cm³/mol. The molecule has 0 spiro atoms. The molecule has 45 heavy (non-hydrogen) atoms. The molecule has 7 rings (SSSR count). The first kappa shape index (κ1) is 30.1. The van der Waals surface area contributed by atoms with Gasteiger partial charge < -0.3 is 24.2 Å². The smallest absolute Gasteiger partial charge is 0.312 e. The number of halogens is 1. The van der Waals surface area contributed by atoms with Gasteiger partial charge in [-0.1, -0.05) is 24.3 Å². The molecule has 1 aromatic heterocycles. The van der Waals surface area contributed by atoms with Gasteiger partial charge in [-0.25, -0.2) is 9.37 Å². The van der Waals surface area contributed by atoms with Gasteiger partial charge >= 0.3 is 5.97 Å². The summed E-state index contributed by atoms with van der Waals surface area (Å²) in [4.78, 5) is 21.8. The van der Waals surface area contributed by atoms with E-state index in [1.165, 1.54) is 22.8 Å². The van der Waals surface area contributed by atoms with E-state index in [1.807, 2.05) is 29.2 Å². The summed E-state index contributed by atoms with van der Waals surface area (Å²) >= 11 is 0. The highest BCUT2D eigenvalue weighted by Crippen LogP contribution is 2.62. The molecule has 3 atom stereocenters. The molecule has 0 radical (unpaired) electrons. The van der Waals surface area contributed by atoms with E-state index in [0.717, 1.165) is 57.6 Å². The maximum absolute atomic E-state index is 15.4. The molecule has 3 aliphatic heterocycles. The minimum absolute atomic E-state index is 0.0720. The number of fused-ring (bicyclic) bond motifs is 2. The van der Waals surface area contributed by atoms with Crippen LogP contribution in [0, 0.1) is 24.1 Å². The molecule has 9 heteroatoms. The molecule has 8 nitrogen and oxygen atoms in total. The number of aromatic nitrogens is 1. The van der Waals surface area contributed by atoms with Crippen LogP contribution in [0.15, 0.2) is 48.5 Å². The maximum Gasteiger partial charge on any atom is 0.312 e. The highest BCUT2D eigenvalue weighted by molar-refractivity contribution is 5.82. The fraction of sp³-hybridized carbons (Fsp3) is 0.500. The molecule has 3 aromatic rings. The topological polar surface area (TPSA) is 84.4 Å². The molecule has 238 valence electrons. The van der Waals surface area contributed by atoms with Gasteiger partial charge in [-0.05, 0) is 91.5 Å². The van der Waals surface area contributed by atoms with E-state index in [1.54, 1.807) is 13.2 Å². The van der Waals surface area contributed by atoms with Gasteiger partial charge in [0, 0.05) is 51.6 Å². The standard InChI is InChI=1S/C36H42FN3O5/c1-23-25(10-9-24-11-15-39(16-12-28(23)24)27-13-17-44-18-14-27)21-45-34-29(5-3-6-30(34)37)31-7-4-8-33(38-31)40-20-26-19-36(26,35(41)42)32(40)22-43-2/h3-10,26-27,32H,11-22H2,1-2H3,(H,41,42)/t26-,32+,36+/m0/s1. The Balaban J connectivity index is 1.10. The summed E-state index contributed by atoms with van der Waals surface area (Å²) in [6, 6.07) is 15.2. The Labute approximate surface area is 264 Å². The van der Waals surface area contributed by atoms with Gasteiger partial charge in [0.2, 0.25) is 0 Å². The van der Waals surface area contributed by atoms with Crippen molar-refractivity contribution in [2.75, 3.05) is 51.5 Å². The third-order valence-corrected chi connectivity index (χ3v) is 10.7. The summed E-state index contributed by atoms with van der Waals surface area (Å²) in [6.45, 7) is 7.13. The van der Waals surface area contributed by atoms with Gasteiger partial charge in [-0.2, -0.15) is 0 Å². The average Bonchev–Trinajstić information content (AvgIpc) is 3.76. The largest absolute Gasteiger partial charge is 0.485 e. The Morgan fingerprint density at radius 3 is 2.71 bits per heavy atom. The van der Waals surface area contributed by atoms with Crippen LogP contribution in [0.5, 0.6) is 5.75 Å². The third kappa shape index (κ3) is 5.49. The summed E-state index contributed by atoms with van der Waals surface area (Å²) < 4.78 is 32.7. The number of ether oxygens (including phenoxy) is 3. The second-order valence-electron chi connectivity index (χ2n) is 13.0. The first-order valence-electron chi connectivity index (χ1n) is 16.2. The van der Waals surface area contributed by atoms with Gasteiger partial charge in [0.25, 0.3) is 0 Å². The van der Waals surface area contributed by atoms with Crippen LogP contribution >= 0.6 is 0 Å². The number of pyridine rings is 1. The Bertz CT molecular complexity index is 1580. The minimum atomic E-state index is -0.796. The average molecular weight is 616 g/mol. The van der Waals surface area contributed by atoms with Crippen molar-refractivity contribution in [1.82, 2.24) is 9.88 Å². The highest BCUT2D eigenvalue weighted by atomic mass is 19.1. The molecule has 0 amide bonds. The third-order valence-electron chi connectivity index (χ3n) is 10.7. The van der Waals surface area contributed by atoms with E-state index in [9.17, 15) is 9.90 Å². The van der Waals surface area contributed by atoms with Gasteiger partial charge in [0.05, 0.1) is 23.8 Å². The number of rotatable bonds is 9. The van der Waals surface area contributed by atoms with Gasteiger partial charge in [-0.3, -0.25) is 9.69 Å². The lowest BCUT2D eigenvalue weighted by atomic mass is 9.94. The van der Waals surface area contributed by atoms with Crippen LogP contribution in [-0.2, 0) is 33.7 Å². The molecule has 4 aliphatic rings. The van der Waals surface area contributed by atoms with E-state index in [0.29, 0.717) is 42.7 Å². The van der Waals surface area contributed by atoms with Crippen LogP contribution in [0.4, 0.5) is 10.2 Å². The van der Waals surface area contributed by atoms with Crippen molar-refractivity contribution < 1.29 is 28.5 Å². The van der Waals surface area contributed by atoms with Crippen LogP contribution in [-0.4, -0.2) is 79.6 Å². The van der Waals surface area contributed by atoms with Crippen molar-refractivity contribution in [2.24, 2.45) is 11.3 Å². The summed E-state index contributed by atoms with van der Waals surface area (Å²) in [5.74, 6) is -0.318. The monoisotopic (exact) mass is 615 g/mol. The number of piperidine rings is 1. The lowest BCUT2D eigenvalue weighted by molar-refractivity contribution is -0.144. The van der Waals surface area contributed by atoms with E-state index < -0.39 is 17.2 Å². The first-order chi connectivity index (χ1) is 21.9.